The maximum absolute atomic E-state index is 6.10. The Morgan fingerprint density at radius 2 is 1.54 bits per heavy atom. The molecule has 1 aliphatic carbocycles. The topological polar surface area (TPSA) is 53.7 Å². The van der Waals surface area contributed by atoms with Gasteiger partial charge in [-0.25, -0.2) is 0 Å². The Bertz CT molecular complexity index is 770. The Labute approximate surface area is 156 Å². The molecule has 4 nitrogen and oxygen atoms in total. The zero-order chi connectivity index (χ0) is 18.5. The van der Waals surface area contributed by atoms with Crippen LogP contribution >= 0.6 is 0 Å². The summed E-state index contributed by atoms with van der Waals surface area (Å²) in [6.07, 6.45) is 2.64. The lowest BCUT2D eigenvalue weighted by atomic mass is 9.93. The van der Waals surface area contributed by atoms with Crippen molar-refractivity contribution in [3.05, 3.63) is 41.0 Å². The standard InChI is InChI=1S/C22H29NO3/c1-4-24-20-17(12-9-13-23)19-16-11-8-7-10-15(16)14-18(19)21(25-5-2)22(20)26-6-3/h7-8,10-11H,4-6,9,12-14,23H2,1-3H3. The van der Waals surface area contributed by atoms with Crippen LogP contribution in [0, 0.1) is 0 Å². The van der Waals surface area contributed by atoms with Crippen molar-refractivity contribution in [1.29, 1.82) is 0 Å². The molecule has 0 aromatic heterocycles. The van der Waals surface area contributed by atoms with Crippen molar-refractivity contribution < 1.29 is 14.2 Å². The van der Waals surface area contributed by atoms with Crippen molar-refractivity contribution in [3.8, 4) is 28.4 Å². The monoisotopic (exact) mass is 355 g/mol. The van der Waals surface area contributed by atoms with Crippen molar-refractivity contribution in [2.24, 2.45) is 5.73 Å². The zero-order valence-electron chi connectivity index (χ0n) is 16.1. The lowest BCUT2D eigenvalue weighted by molar-refractivity contribution is 0.258. The van der Waals surface area contributed by atoms with Gasteiger partial charge in [0.05, 0.1) is 19.8 Å². The van der Waals surface area contributed by atoms with Crippen LogP contribution in [0.4, 0.5) is 0 Å². The summed E-state index contributed by atoms with van der Waals surface area (Å²) >= 11 is 0. The normalized spacial score (nSPS) is 11.8. The summed E-state index contributed by atoms with van der Waals surface area (Å²) in [6, 6.07) is 8.58. The SMILES string of the molecule is CCOc1c(CCCN)c2c(c(OCC)c1OCC)Cc1ccccc1-2. The van der Waals surface area contributed by atoms with E-state index in [0.29, 0.717) is 26.4 Å². The van der Waals surface area contributed by atoms with Crippen LogP contribution in [0.15, 0.2) is 24.3 Å². The second kappa shape index (κ2) is 8.45. The van der Waals surface area contributed by atoms with E-state index in [0.717, 1.165) is 36.5 Å². The van der Waals surface area contributed by atoms with Gasteiger partial charge in [-0.05, 0) is 56.8 Å². The first kappa shape index (κ1) is 18.6. The first-order valence-corrected chi connectivity index (χ1v) is 9.65. The first-order valence-electron chi connectivity index (χ1n) is 9.65. The summed E-state index contributed by atoms with van der Waals surface area (Å²) in [4.78, 5) is 0. The minimum absolute atomic E-state index is 0.572. The molecule has 2 aromatic rings. The number of ether oxygens (including phenoxy) is 3. The molecule has 2 aromatic carbocycles. The van der Waals surface area contributed by atoms with Crippen molar-refractivity contribution in [3.63, 3.8) is 0 Å². The van der Waals surface area contributed by atoms with Crippen LogP contribution in [0.25, 0.3) is 11.1 Å². The van der Waals surface area contributed by atoms with Crippen LogP contribution in [-0.2, 0) is 12.8 Å². The van der Waals surface area contributed by atoms with Gasteiger partial charge < -0.3 is 19.9 Å². The van der Waals surface area contributed by atoms with Gasteiger partial charge in [0, 0.05) is 17.5 Å². The molecule has 0 atom stereocenters. The Morgan fingerprint density at radius 3 is 2.23 bits per heavy atom. The quantitative estimate of drug-likeness (QED) is 0.620. The fourth-order valence-electron chi connectivity index (χ4n) is 3.78. The van der Waals surface area contributed by atoms with E-state index in [1.54, 1.807) is 0 Å². The molecular formula is C22H29NO3. The highest BCUT2D eigenvalue weighted by atomic mass is 16.5. The second-order valence-corrected chi connectivity index (χ2v) is 6.34. The van der Waals surface area contributed by atoms with Gasteiger partial charge >= 0.3 is 0 Å². The van der Waals surface area contributed by atoms with Gasteiger partial charge in [-0.1, -0.05) is 24.3 Å². The molecule has 140 valence electrons. The van der Waals surface area contributed by atoms with Crippen LogP contribution in [0.5, 0.6) is 17.2 Å². The Balaban J connectivity index is 2.30. The van der Waals surface area contributed by atoms with Crippen molar-refractivity contribution in [2.45, 2.75) is 40.0 Å². The molecule has 1 aliphatic rings. The number of rotatable bonds is 9. The molecule has 0 unspecified atom stereocenters. The number of hydrogen-bond donors (Lipinski definition) is 1. The third kappa shape index (κ3) is 3.26. The van der Waals surface area contributed by atoms with Crippen LogP contribution in [0.2, 0.25) is 0 Å². The summed E-state index contributed by atoms with van der Waals surface area (Å²) in [5.74, 6) is 2.40. The average molecular weight is 355 g/mol. The summed E-state index contributed by atoms with van der Waals surface area (Å²) in [6.45, 7) is 8.41. The van der Waals surface area contributed by atoms with Gasteiger partial charge in [0.2, 0.25) is 5.75 Å². The van der Waals surface area contributed by atoms with E-state index in [1.807, 2.05) is 20.8 Å². The van der Waals surface area contributed by atoms with Gasteiger partial charge in [-0.3, -0.25) is 0 Å². The number of benzene rings is 2. The third-order valence-electron chi connectivity index (χ3n) is 4.72. The summed E-state index contributed by atoms with van der Waals surface area (Å²) in [7, 11) is 0. The number of hydrogen-bond acceptors (Lipinski definition) is 4. The van der Waals surface area contributed by atoms with Gasteiger partial charge in [-0.2, -0.15) is 0 Å². The van der Waals surface area contributed by atoms with Crippen molar-refractivity contribution >= 4 is 0 Å². The Morgan fingerprint density at radius 1 is 0.885 bits per heavy atom. The van der Waals surface area contributed by atoms with Crippen LogP contribution in [0.3, 0.4) is 0 Å². The van der Waals surface area contributed by atoms with E-state index >= 15 is 0 Å². The Kier molecular flexibility index (Phi) is 6.04. The summed E-state index contributed by atoms with van der Waals surface area (Å²) in [5.41, 5.74) is 12.1. The van der Waals surface area contributed by atoms with Crippen LogP contribution in [0.1, 0.15) is 43.9 Å². The van der Waals surface area contributed by atoms with Crippen molar-refractivity contribution in [2.75, 3.05) is 26.4 Å². The predicted molar refractivity (Wildman–Crippen MR) is 106 cm³/mol. The zero-order valence-corrected chi connectivity index (χ0v) is 16.1. The molecule has 0 bridgehead atoms. The molecule has 26 heavy (non-hydrogen) atoms. The third-order valence-corrected chi connectivity index (χ3v) is 4.72. The van der Waals surface area contributed by atoms with E-state index in [2.05, 4.69) is 24.3 Å². The molecule has 0 aliphatic heterocycles. The van der Waals surface area contributed by atoms with E-state index in [9.17, 15) is 0 Å². The second-order valence-electron chi connectivity index (χ2n) is 6.34. The van der Waals surface area contributed by atoms with E-state index in [4.69, 9.17) is 19.9 Å². The van der Waals surface area contributed by atoms with Gasteiger partial charge in [0.25, 0.3) is 0 Å². The summed E-state index contributed by atoms with van der Waals surface area (Å²) < 4.78 is 18.2. The molecule has 0 saturated heterocycles. The highest BCUT2D eigenvalue weighted by molar-refractivity contribution is 5.86. The smallest absolute Gasteiger partial charge is 0.204 e. The maximum Gasteiger partial charge on any atom is 0.204 e. The molecular weight excluding hydrogens is 326 g/mol. The molecule has 0 amide bonds. The Hall–Kier alpha value is -2.20. The fourth-order valence-corrected chi connectivity index (χ4v) is 3.78. The van der Waals surface area contributed by atoms with Gasteiger partial charge in [0.15, 0.2) is 11.5 Å². The highest BCUT2D eigenvalue weighted by Gasteiger charge is 2.32. The molecule has 2 N–H and O–H groups in total. The fraction of sp³-hybridized carbons (Fsp3) is 0.455. The molecule has 3 rings (SSSR count). The van der Waals surface area contributed by atoms with E-state index < -0.39 is 0 Å². The lowest BCUT2D eigenvalue weighted by Gasteiger charge is -2.23. The van der Waals surface area contributed by atoms with E-state index in [-0.39, 0.29) is 0 Å². The highest BCUT2D eigenvalue weighted by Crippen LogP contribution is 2.53. The van der Waals surface area contributed by atoms with Gasteiger partial charge in [-0.15, -0.1) is 0 Å². The maximum atomic E-state index is 6.10. The van der Waals surface area contributed by atoms with Crippen molar-refractivity contribution in [1.82, 2.24) is 0 Å². The van der Waals surface area contributed by atoms with E-state index in [1.165, 1.54) is 27.8 Å². The molecule has 0 radical (unpaired) electrons. The first-order chi connectivity index (χ1) is 12.8. The molecule has 0 fully saturated rings. The lowest BCUT2D eigenvalue weighted by Crippen LogP contribution is -2.09. The minimum atomic E-state index is 0.572. The van der Waals surface area contributed by atoms with Crippen LogP contribution < -0.4 is 19.9 Å². The molecule has 4 heteroatoms. The predicted octanol–water partition coefficient (Wildman–Crippen LogP) is 4.35. The largest absolute Gasteiger partial charge is 0.490 e. The van der Waals surface area contributed by atoms with Gasteiger partial charge in [0.1, 0.15) is 0 Å². The molecule has 0 heterocycles. The molecule has 0 saturated carbocycles. The number of fused-ring (bicyclic) bond motifs is 3. The summed E-state index contributed by atoms with van der Waals surface area (Å²) in [5, 5.41) is 0. The van der Waals surface area contributed by atoms with Crippen LogP contribution in [-0.4, -0.2) is 26.4 Å². The average Bonchev–Trinajstić information content (AvgIpc) is 3.03. The minimum Gasteiger partial charge on any atom is -0.490 e. The molecule has 0 spiro atoms. The number of nitrogens with two attached hydrogens (primary N) is 1.